The number of nitrogens with two attached hydrogens (primary N) is 1. The Kier molecular flexibility index (Phi) is 2.37. The number of hydrogen-bond donors (Lipinski definition) is 1. The number of nitrogens with zero attached hydrogens (tertiary/aromatic N) is 1. The van der Waals surface area contributed by atoms with Crippen molar-refractivity contribution in [3.05, 3.63) is 12.2 Å². The van der Waals surface area contributed by atoms with Gasteiger partial charge in [-0.1, -0.05) is 0 Å². The first-order chi connectivity index (χ1) is 6.66. The van der Waals surface area contributed by atoms with Gasteiger partial charge in [0.2, 0.25) is 0 Å². The minimum atomic E-state index is -0.185. The van der Waals surface area contributed by atoms with E-state index in [2.05, 4.69) is 0 Å². The summed E-state index contributed by atoms with van der Waals surface area (Å²) in [6.07, 6.45) is 5.62. The Balaban J connectivity index is 1.92. The van der Waals surface area contributed by atoms with Gasteiger partial charge in [-0.05, 0) is 25.2 Å². The quantitative estimate of drug-likeness (QED) is 0.631. The molecule has 0 spiro atoms. The molecule has 2 atom stereocenters. The van der Waals surface area contributed by atoms with Crippen LogP contribution in [0.2, 0.25) is 0 Å². The number of carbonyl (C=O) groups excluding carboxylic acids is 2. The van der Waals surface area contributed by atoms with Crippen LogP contribution in [0, 0.1) is 5.92 Å². The summed E-state index contributed by atoms with van der Waals surface area (Å²) in [5, 5.41) is 0. The van der Waals surface area contributed by atoms with Crippen molar-refractivity contribution < 1.29 is 9.59 Å². The van der Waals surface area contributed by atoms with E-state index >= 15 is 0 Å². The predicted molar refractivity (Wildman–Crippen MR) is 51.2 cm³/mol. The van der Waals surface area contributed by atoms with Crippen LogP contribution in [0.4, 0.5) is 0 Å². The highest BCUT2D eigenvalue weighted by atomic mass is 16.2. The van der Waals surface area contributed by atoms with Crippen molar-refractivity contribution in [1.29, 1.82) is 0 Å². The molecule has 4 nitrogen and oxygen atoms in total. The molecule has 4 heteroatoms. The first-order valence-electron chi connectivity index (χ1n) is 4.96. The van der Waals surface area contributed by atoms with Crippen LogP contribution in [0.1, 0.15) is 19.3 Å². The van der Waals surface area contributed by atoms with E-state index in [4.69, 9.17) is 5.73 Å². The highest BCUT2D eigenvalue weighted by Crippen LogP contribution is 2.25. The maximum atomic E-state index is 11.2. The van der Waals surface area contributed by atoms with Gasteiger partial charge in [0.1, 0.15) is 0 Å². The summed E-state index contributed by atoms with van der Waals surface area (Å²) >= 11 is 0. The Hall–Kier alpha value is -1.16. The average molecular weight is 194 g/mol. The second-order valence-corrected chi connectivity index (χ2v) is 4.06. The molecular formula is C10H14N2O2. The van der Waals surface area contributed by atoms with E-state index in [0.29, 0.717) is 12.5 Å². The van der Waals surface area contributed by atoms with E-state index in [-0.39, 0.29) is 17.9 Å². The molecule has 1 fully saturated rings. The summed E-state index contributed by atoms with van der Waals surface area (Å²) in [7, 11) is 0. The fourth-order valence-corrected chi connectivity index (χ4v) is 2.15. The van der Waals surface area contributed by atoms with Crippen molar-refractivity contribution in [2.75, 3.05) is 6.54 Å². The van der Waals surface area contributed by atoms with Crippen LogP contribution >= 0.6 is 0 Å². The molecule has 0 aromatic carbocycles. The maximum absolute atomic E-state index is 11.2. The van der Waals surface area contributed by atoms with E-state index in [1.54, 1.807) is 0 Å². The van der Waals surface area contributed by atoms with Gasteiger partial charge in [-0.3, -0.25) is 14.5 Å². The number of carbonyl (C=O) groups is 2. The van der Waals surface area contributed by atoms with E-state index in [0.717, 1.165) is 19.3 Å². The third kappa shape index (κ3) is 1.70. The Labute approximate surface area is 82.7 Å². The highest BCUT2D eigenvalue weighted by molar-refractivity contribution is 6.12. The van der Waals surface area contributed by atoms with Gasteiger partial charge < -0.3 is 5.73 Å². The fraction of sp³-hybridized carbons (Fsp3) is 0.600. The van der Waals surface area contributed by atoms with Gasteiger partial charge in [-0.2, -0.15) is 0 Å². The molecule has 2 unspecified atom stereocenters. The van der Waals surface area contributed by atoms with Crippen molar-refractivity contribution >= 4 is 11.8 Å². The van der Waals surface area contributed by atoms with E-state index < -0.39 is 0 Å². The smallest absolute Gasteiger partial charge is 0.253 e. The van der Waals surface area contributed by atoms with Crippen molar-refractivity contribution in [3.63, 3.8) is 0 Å². The zero-order valence-corrected chi connectivity index (χ0v) is 7.98. The largest absolute Gasteiger partial charge is 0.328 e. The van der Waals surface area contributed by atoms with Gasteiger partial charge in [-0.15, -0.1) is 0 Å². The van der Waals surface area contributed by atoms with Crippen LogP contribution in [0.5, 0.6) is 0 Å². The Morgan fingerprint density at radius 3 is 2.43 bits per heavy atom. The van der Waals surface area contributed by atoms with Crippen molar-refractivity contribution in [2.24, 2.45) is 11.7 Å². The Morgan fingerprint density at radius 1 is 1.29 bits per heavy atom. The molecule has 14 heavy (non-hydrogen) atoms. The summed E-state index contributed by atoms with van der Waals surface area (Å²) in [6.45, 7) is 0.540. The van der Waals surface area contributed by atoms with Gasteiger partial charge in [0.05, 0.1) is 0 Å². The molecule has 2 amide bonds. The SMILES string of the molecule is NC1CCC(CN2C(=O)C=CC2=O)C1. The van der Waals surface area contributed by atoms with Crippen LogP contribution < -0.4 is 5.73 Å². The zero-order valence-electron chi connectivity index (χ0n) is 7.98. The summed E-state index contributed by atoms with van der Waals surface area (Å²) in [5.41, 5.74) is 5.76. The first kappa shape index (κ1) is 9.40. The van der Waals surface area contributed by atoms with Gasteiger partial charge >= 0.3 is 0 Å². The molecule has 0 saturated heterocycles. The topological polar surface area (TPSA) is 63.4 Å². The maximum Gasteiger partial charge on any atom is 0.253 e. The molecule has 0 bridgehead atoms. The molecule has 2 rings (SSSR count). The summed E-state index contributed by atoms with van der Waals surface area (Å²) in [4.78, 5) is 23.8. The van der Waals surface area contributed by atoms with E-state index in [1.807, 2.05) is 0 Å². The van der Waals surface area contributed by atoms with Crippen molar-refractivity contribution in [3.8, 4) is 0 Å². The van der Waals surface area contributed by atoms with Crippen LogP contribution in [0.15, 0.2) is 12.2 Å². The lowest BCUT2D eigenvalue weighted by molar-refractivity contribution is -0.137. The summed E-state index contributed by atoms with van der Waals surface area (Å²) in [5.74, 6) is 0.0312. The lowest BCUT2D eigenvalue weighted by atomic mass is 10.1. The van der Waals surface area contributed by atoms with Crippen LogP contribution in [0.25, 0.3) is 0 Å². The second kappa shape index (κ2) is 3.53. The standard InChI is InChI=1S/C10H14N2O2/c11-8-2-1-7(5-8)6-12-9(13)3-4-10(12)14/h3-4,7-8H,1-2,5-6,11H2. The first-order valence-corrected chi connectivity index (χ1v) is 4.96. The molecule has 2 N–H and O–H groups in total. The van der Waals surface area contributed by atoms with Crippen LogP contribution in [-0.4, -0.2) is 29.3 Å². The third-order valence-corrected chi connectivity index (χ3v) is 2.92. The van der Waals surface area contributed by atoms with Crippen molar-refractivity contribution in [2.45, 2.75) is 25.3 Å². The van der Waals surface area contributed by atoms with E-state index in [9.17, 15) is 9.59 Å². The molecule has 0 aromatic heterocycles. The summed E-state index contributed by atoms with van der Waals surface area (Å²) < 4.78 is 0. The lowest BCUT2D eigenvalue weighted by Gasteiger charge is -2.18. The normalized spacial score (nSPS) is 31.9. The fourth-order valence-electron chi connectivity index (χ4n) is 2.15. The molecule has 1 aliphatic heterocycles. The average Bonchev–Trinajstić information content (AvgIpc) is 2.67. The number of imide groups is 1. The molecular weight excluding hydrogens is 180 g/mol. The predicted octanol–water partition coefficient (Wildman–Crippen LogP) is 0.0388. The molecule has 1 aliphatic carbocycles. The van der Waals surface area contributed by atoms with Gasteiger partial charge in [0.25, 0.3) is 11.8 Å². The Morgan fingerprint density at radius 2 is 1.93 bits per heavy atom. The minimum Gasteiger partial charge on any atom is -0.328 e. The van der Waals surface area contributed by atoms with Gasteiger partial charge in [0.15, 0.2) is 0 Å². The highest BCUT2D eigenvalue weighted by Gasteiger charge is 2.29. The second-order valence-electron chi connectivity index (χ2n) is 4.06. The molecule has 2 aliphatic rings. The van der Waals surface area contributed by atoms with Gasteiger partial charge in [0, 0.05) is 24.7 Å². The minimum absolute atomic E-state index is 0.185. The van der Waals surface area contributed by atoms with Crippen molar-refractivity contribution in [1.82, 2.24) is 4.90 Å². The molecule has 0 aromatic rings. The Bertz CT molecular complexity index is 280. The lowest BCUT2D eigenvalue weighted by Crippen LogP contribution is -2.34. The zero-order chi connectivity index (χ0) is 10.1. The number of rotatable bonds is 2. The number of hydrogen-bond acceptors (Lipinski definition) is 3. The third-order valence-electron chi connectivity index (χ3n) is 2.92. The molecule has 1 saturated carbocycles. The monoisotopic (exact) mass is 194 g/mol. The molecule has 76 valence electrons. The molecule has 0 radical (unpaired) electrons. The molecule has 1 heterocycles. The summed E-state index contributed by atoms with van der Waals surface area (Å²) in [6, 6.07) is 0.251. The number of amides is 2. The van der Waals surface area contributed by atoms with Crippen LogP contribution in [-0.2, 0) is 9.59 Å². The van der Waals surface area contributed by atoms with Crippen LogP contribution in [0.3, 0.4) is 0 Å². The van der Waals surface area contributed by atoms with E-state index in [1.165, 1.54) is 17.1 Å². The van der Waals surface area contributed by atoms with Gasteiger partial charge in [-0.25, -0.2) is 0 Å².